The molecule has 0 amide bonds. The molecule has 2 N–H and O–H groups in total. The average molecular weight is 254 g/mol. The van der Waals surface area contributed by atoms with E-state index in [2.05, 4.69) is 19.9 Å². The fourth-order valence-electron chi connectivity index (χ4n) is 2.57. The van der Waals surface area contributed by atoms with E-state index in [0.717, 1.165) is 25.0 Å². The van der Waals surface area contributed by atoms with Crippen LogP contribution < -0.4 is 10.5 Å². The van der Waals surface area contributed by atoms with E-state index in [-0.39, 0.29) is 11.5 Å². The molecule has 17 heavy (non-hydrogen) atoms. The Kier molecular flexibility index (Phi) is 3.37. The van der Waals surface area contributed by atoms with Crippen molar-refractivity contribution in [2.45, 2.75) is 44.6 Å². The zero-order valence-corrected chi connectivity index (χ0v) is 11.5. The Morgan fingerprint density at radius 1 is 1.47 bits per heavy atom. The van der Waals surface area contributed by atoms with Gasteiger partial charge >= 0.3 is 0 Å². The Balaban J connectivity index is 2.47. The second-order valence-electron chi connectivity index (χ2n) is 4.95. The average Bonchev–Trinajstić information content (AvgIpc) is 3.08. The van der Waals surface area contributed by atoms with Crippen LogP contribution in [0.5, 0.6) is 5.75 Å². The molecule has 1 aromatic rings. The van der Waals surface area contributed by atoms with Crippen LogP contribution in [0, 0.1) is 0 Å². The van der Waals surface area contributed by atoms with Crippen molar-refractivity contribution in [3.63, 3.8) is 0 Å². The molecule has 1 aliphatic carbocycles. The van der Waals surface area contributed by atoms with Gasteiger partial charge in [0.1, 0.15) is 5.75 Å². The number of hydrogen-bond acceptors (Lipinski definition) is 2. The van der Waals surface area contributed by atoms with Crippen molar-refractivity contribution < 1.29 is 4.74 Å². The van der Waals surface area contributed by atoms with Gasteiger partial charge < -0.3 is 10.5 Å². The third kappa shape index (κ3) is 2.04. The second kappa shape index (κ2) is 4.51. The van der Waals surface area contributed by atoms with E-state index in [1.54, 1.807) is 7.11 Å². The standard InChI is InChI=1S/C14H20ClNO/c1-4-10-7-11(8-12(15)13(10)17-3)14(5-6-14)9(2)16/h7-9H,4-6,16H2,1-3H3. The Hall–Kier alpha value is -0.730. The van der Waals surface area contributed by atoms with E-state index < -0.39 is 0 Å². The van der Waals surface area contributed by atoms with Crippen molar-refractivity contribution in [3.8, 4) is 5.75 Å². The van der Waals surface area contributed by atoms with E-state index in [1.807, 2.05) is 6.07 Å². The number of halogens is 1. The highest BCUT2D eigenvalue weighted by Gasteiger charge is 2.47. The van der Waals surface area contributed by atoms with Crippen LogP contribution in [-0.4, -0.2) is 13.2 Å². The third-order valence-corrected chi connectivity index (χ3v) is 4.22. The minimum absolute atomic E-state index is 0.153. The van der Waals surface area contributed by atoms with Gasteiger partial charge in [-0.3, -0.25) is 0 Å². The minimum atomic E-state index is 0.153. The summed E-state index contributed by atoms with van der Waals surface area (Å²) in [6.45, 7) is 4.19. The maximum Gasteiger partial charge on any atom is 0.140 e. The normalized spacial score (nSPS) is 18.9. The van der Waals surface area contributed by atoms with Gasteiger partial charge in [-0.1, -0.05) is 24.6 Å². The molecule has 0 bridgehead atoms. The van der Waals surface area contributed by atoms with Crippen molar-refractivity contribution in [2.24, 2.45) is 5.73 Å². The predicted molar refractivity (Wildman–Crippen MR) is 71.9 cm³/mol. The molecule has 2 nitrogen and oxygen atoms in total. The molecule has 1 fully saturated rings. The van der Waals surface area contributed by atoms with Crippen molar-refractivity contribution in [3.05, 3.63) is 28.3 Å². The number of aryl methyl sites for hydroxylation is 1. The zero-order chi connectivity index (χ0) is 12.6. The van der Waals surface area contributed by atoms with E-state index >= 15 is 0 Å². The molecule has 1 aliphatic rings. The lowest BCUT2D eigenvalue weighted by atomic mass is 9.88. The van der Waals surface area contributed by atoms with E-state index in [1.165, 1.54) is 11.1 Å². The molecule has 2 rings (SSSR count). The molecule has 1 unspecified atom stereocenters. The van der Waals surface area contributed by atoms with Crippen LogP contribution in [0.15, 0.2) is 12.1 Å². The van der Waals surface area contributed by atoms with Gasteiger partial charge in [0.25, 0.3) is 0 Å². The van der Waals surface area contributed by atoms with E-state index in [9.17, 15) is 0 Å². The number of hydrogen-bond donors (Lipinski definition) is 1. The molecule has 0 spiro atoms. The number of nitrogens with two attached hydrogens (primary N) is 1. The first kappa shape index (κ1) is 12.7. The number of benzene rings is 1. The first-order chi connectivity index (χ1) is 8.05. The van der Waals surface area contributed by atoms with Crippen LogP contribution in [0.2, 0.25) is 5.02 Å². The minimum Gasteiger partial charge on any atom is -0.495 e. The molecule has 94 valence electrons. The summed E-state index contributed by atoms with van der Waals surface area (Å²) in [6, 6.07) is 4.41. The van der Waals surface area contributed by atoms with Crippen molar-refractivity contribution in [1.29, 1.82) is 0 Å². The highest BCUT2D eigenvalue weighted by molar-refractivity contribution is 6.32. The summed E-state index contributed by atoms with van der Waals surface area (Å²) >= 11 is 6.29. The predicted octanol–water partition coefficient (Wildman–Crippen LogP) is 3.29. The molecule has 0 radical (unpaired) electrons. The van der Waals surface area contributed by atoms with Gasteiger partial charge in [0, 0.05) is 11.5 Å². The largest absolute Gasteiger partial charge is 0.495 e. The summed E-state index contributed by atoms with van der Waals surface area (Å²) < 4.78 is 5.35. The lowest BCUT2D eigenvalue weighted by Gasteiger charge is -2.22. The molecule has 0 aromatic heterocycles. The molecule has 0 aliphatic heterocycles. The Labute approximate surface area is 108 Å². The topological polar surface area (TPSA) is 35.2 Å². The van der Waals surface area contributed by atoms with Gasteiger partial charge in [0.05, 0.1) is 12.1 Å². The van der Waals surface area contributed by atoms with Gasteiger partial charge in [0.15, 0.2) is 0 Å². The van der Waals surface area contributed by atoms with Crippen LogP contribution in [0.4, 0.5) is 0 Å². The van der Waals surface area contributed by atoms with Gasteiger partial charge in [0.2, 0.25) is 0 Å². The van der Waals surface area contributed by atoms with E-state index in [0.29, 0.717) is 5.02 Å². The SMILES string of the molecule is CCc1cc(C2(C(C)N)CC2)cc(Cl)c1OC. The molecule has 0 saturated heterocycles. The summed E-state index contributed by atoms with van der Waals surface area (Å²) in [5.41, 5.74) is 8.70. The third-order valence-electron chi connectivity index (χ3n) is 3.94. The summed E-state index contributed by atoms with van der Waals surface area (Å²) in [7, 11) is 1.67. The second-order valence-corrected chi connectivity index (χ2v) is 5.36. The summed E-state index contributed by atoms with van der Waals surface area (Å²) in [6.07, 6.45) is 3.25. The first-order valence-electron chi connectivity index (χ1n) is 6.17. The maximum atomic E-state index is 6.29. The number of methoxy groups -OCH3 is 1. The molecular weight excluding hydrogens is 234 g/mol. The highest BCUT2D eigenvalue weighted by atomic mass is 35.5. The van der Waals surface area contributed by atoms with Gasteiger partial charge in [-0.05, 0) is 43.4 Å². The Morgan fingerprint density at radius 2 is 2.12 bits per heavy atom. The molecular formula is C14H20ClNO. The van der Waals surface area contributed by atoms with Gasteiger partial charge in [-0.15, -0.1) is 0 Å². The molecule has 0 heterocycles. The zero-order valence-electron chi connectivity index (χ0n) is 10.7. The summed E-state index contributed by atoms with van der Waals surface area (Å²) in [4.78, 5) is 0. The fraction of sp³-hybridized carbons (Fsp3) is 0.571. The molecule has 1 aromatic carbocycles. The lowest BCUT2D eigenvalue weighted by Crippen LogP contribution is -2.31. The lowest BCUT2D eigenvalue weighted by molar-refractivity contribution is 0.409. The van der Waals surface area contributed by atoms with Crippen LogP contribution in [0.3, 0.4) is 0 Å². The van der Waals surface area contributed by atoms with Crippen LogP contribution in [0.25, 0.3) is 0 Å². The fourth-order valence-corrected chi connectivity index (χ4v) is 2.89. The summed E-state index contributed by atoms with van der Waals surface area (Å²) in [5, 5.41) is 0.703. The van der Waals surface area contributed by atoms with Crippen molar-refractivity contribution >= 4 is 11.6 Å². The molecule has 1 atom stereocenters. The van der Waals surface area contributed by atoms with Gasteiger partial charge in [-0.25, -0.2) is 0 Å². The smallest absolute Gasteiger partial charge is 0.140 e. The van der Waals surface area contributed by atoms with Crippen molar-refractivity contribution in [2.75, 3.05) is 7.11 Å². The number of rotatable bonds is 4. The van der Waals surface area contributed by atoms with Crippen LogP contribution in [-0.2, 0) is 11.8 Å². The van der Waals surface area contributed by atoms with E-state index in [4.69, 9.17) is 22.1 Å². The first-order valence-corrected chi connectivity index (χ1v) is 6.55. The maximum absolute atomic E-state index is 6.29. The van der Waals surface area contributed by atoms with Crippen molar-refractivity contribution in [1.82, 2.24) is 0 Å². The quantitative estimate of drug-likeness (QED) is 0.894. The molecule has 1 saturated carbocycles. The Bertz CT molecular complexity index is 424. The van der Waals surface area contributed by atoms with Gasteiger partial charge in [-0.2, -0.15) is 0 Å². The molecule has 3 heteroatoms. The Morgan fingerprint density at radius 3 is 2.53 bits per heavy atom. The highest BCUT2D eigenvalue weighted by Crippen LogP contribution is 2.51. The summed E-state index contributed by atoms with van der Waals surface area (Å²) in [5.74, 6) is 0.804. The van der Waals surface area contributed by atoms with Crippen LogP contribution >= 0.6 is 11.6 Å². The monoisotopic (exact) mass is 253 g/mol. The number of ether oxygens (including phenoxy) is 1. The van der Waals surface area contributed by atoms with Crippen LogP contribution in [0.1, 0.15) is 37.8 Å².